The number of pyridine rings is 1. The molecule has 0 saturated heterocycles. The van der Waals surface area contributed by atoms with Crippen LogP contribution >= 0.6 is 11.3 Å². The Morgan fingerprint density at radius 1 is 1.13 bits per heavy atom. The minimum absolute atomic E-state index is 0.280. The number of hydrogen-bond acceptors (Lipinski definition) is 6. The third-order valence-electron chi connectivity index (χ3n) is 4.38. The van der Waals surface area contributed by atoms with E-state index >= 15 is 0 Å². The fourth-order valence-electron chi connectivity index (χ4n) is 2.64. The summed E-state index contributed by atoms with van der Waals surface area (Å²) in [4.78, 5) is 22.8. The molecule has 0 atom stereocenters. The van der Waals surface area contributed by atoms with E-state index < -0.39 is 10.0 Å². The zero-order valence-electron chi connectivity index (χ0n) is 16.9. The molecule has 0 radical (unpaired) electrons. The first-order valence-corrected chi connectivity index (χ1v) is 11.4. The van der Waals surface area contributed by atoms with Crippen molar-refractivity contribution in [3.63, 3.8) is 0 Å². The lowest BCUT2D eigenvalue weighted by atomic mass is 10.2. The molecular formula is C21H22N4O3S2. The molecule has 0 unspecified atom stereocenters. The van der Waals surface area contributed by atoms with E-state index in [2.05, 4.69) is 9.97 Å². The number of amides is 1. The standard InChI is InChI=1S/C21H22N4O3S2/c1-16-21(29-20(23-16)18-10-7-12-22-14-18)25(3)19(26)15-24(2)30(27,28)13-11-17-8-5-4-6-9-17/h4-14H,15H2,1-3H3. The average Bonchev–Trinajstić information content (AvgIpc) is 3.14. The summed E-state index contributed by atoms with van der Waals surface area (Å²) >= 11 is 1.36. The molecular weight excluding hydrogens is 420 g/mol. The highest BCUT2D eigenvalue weighted by Crippen LogP contribution is 2.33. The molecule has 0 aliphatic heterocycles. The predicted molar refractivity (Wildman–Crippen MR) is 121 cm³/mol. The molecule has 30 heavy (non-hydrogen) atoms. The highest BCUT2D eigenvalue weighted by atomic mass is 32.2. The van der Waals surface area contributed by atoms with Gasteiger partial charge in [-0.25, -0.2) is 13.4 Å². The molecule has 1 aromatic carbocycles. The highest BCUT2D eigenvalue weighted by molar-refractivity contribution is 7.92. The molecule has 0 aliphatic rings. The SMILES string of the molecule is Cc1nc(-c2cccnc2)sc1N(C)C(=O)CN(C)S(=O)(=O)C=Cc1ccccc1. The van der Waals surface area contributed by atoms with E-state index in [-0.39, 0.29) is 12.5 Å². The molecule has 156 valence electrons. The van der Waals surface area contributed by atoms with Crippen molar-refractivity contribution in [3.8, 4) is 10.6 Å². The van der Waals surface area contributed by atoms with E-state index in [1.165, 1.54) is 29.4 Å². The quantitative estimate of drug-likeness (QED) is 0.560. The predicted octanol–water partition coefficient (Wildman–Crippen LogP) is 3.41. The van der Waals surface area contributed by atoms with Gasteiger partial charge in [-0.15, -0.1) is 0 Å². The Morgan fingerprint density at radius 2 is 1.87 bits per heavy atom. The zero-order valence-corrected chi connectivity index (χ0v) is 18.5. The lowest BCUT2D eigenvalue weighted by Crippen LogP contribution is -2.38. The maximum atomic E-state index is 12.7. The number of hydrogen-bond donors (Lipinski definition) is 0. The number of likely N-dealkylation sites (N-methyl/N-ethyl adjacent to an activating group) is 2. The van der Waals surface area contributed by atoms with Gasteiger partial charge in [0.2, 0.25) is 15.9 Å². The molecule has 2 aromatic heterocycles. The maximum absolute atomic E-state index is 12.7. The van der Waals surface area contributed by atoms with Crippen LogP contribution < -0.4 is 4.90 Å². The van der Waals surface area contributed by atoms with Crippen molar-refractivity contribution in [2.45, 2.75) is 6.92 Å². The fraction of sp³-hybridized carbons (Fsp3) is 0.190. The minimum atomic E-state index is -3.73. The first-order chi connectivity index (χ1) is 14.3. The number of carbonyl (C=O) groups is 1. The molecule has 7 nitrogen and oxygen atoms in total. The summed E-state index contributed by atoms with van der Waals surface area (Å²) in [6, 6.07) is 12.8. The maximum Gasteiger partial charge on any atom is 0.242 e. The molecule has 0 aliphatic carbocycles. The lowest BCUT2D eigenvalue weighted by Gasteiger charge is -2.20. The second kappa shape index (κ2) is 9.29. The van der Waals surface area contributed by atoms with Gasteiger partial charge in [-0.1, -0.05) is 41.7 Å². The largest absolute Gasteiger partial charge is 0.304 e. The topological polar surface area (TPSA) is 83.5 Å². The number of sulfonamides is 1. The molecule has 0 spiro atoms. The monoisotopic (exact) mass is 442 g/mol. The number of anilines is 1. The summed E-state index contributed by atoms with van der Waals surface area (Å²) in [6.07, 6.45) is 4.90. The van der Waals surface area contributed by atoms with Crippen molar-refractivity contribution in [1.29, 1.82) is 0 Å². The van der Waals surface area contributed by atoms with E-state index in [1.807, 2.05) is 37.3 Å². The number of nitrogens with zero attached hydrogens (tertiary/aromatic N) is 4. The van der Waals surface area contributed by atoms with Crippen LogP contribution in [0.25, 0.3) is 16.6 Å². The fourth-order valence-corrected chi connectivity index (χ4v) is 4.51. The molecule has 0 N–H and O–H groups in total. The second-order valence-corrected chi connectivity index (χ2v) is 9.52. The van der Waals surface area contributed by atoms with Crippen LogP contribution in [0.1, 0.15) is 11.3 Å². The smallest absolute Gasteiger partial charge is 0.242 e. The Labute approximate surface area is 180 Å². The number of rotatable bonds is 7. The number of aromatic nitrogens is 2. The van der Waals surface area contributed by atoms with E-state index in [0.29, 0.717) is 10.7 Å². The Balaban J connectivity index is 1.71. The van der Waals surface area contributed by atoms with Gasteiger partial charge in [0.05, 0.1) is 12.2 Å². The lowest BCUT2D eigenvalue weighted by molar-refractivity contribution is -0.118. The summed E-state index contributed by atoms with van der Waals surface area (Å²) in [5.74, 6) is -0.348. The molecule has 3 aromatic rings. The van der Waals surface area contributed by atoms with Crippen LogP contribution in [0.5, 0.6) is 0 Å². The summed E-state index contributed by atoms with van der Waals surface area (Å²) in [6.45, 7) is 1.54. The van der Waals surface area contributed by atoms with Crippen LogP contribution in [0.3, 0.4) is 0 Å². The van der Waals surface area contributed by atoms with Crippen LogP contribution in [-0.2, 0) is 14.8 Å². The van der Waals surface area contributed by atoms with Gasteiger partial charge in [-0.3, -0.25) is 9.78 Å². The van der Waals surface area contributed by atoms with Gasteiger partial charge in [-0.05, 0) is 30.7 Å². The Bertz CT molecular complexity index is 1140. The van der Waals surface area contributed by atoms with Crippen molar-refractivity contribution < 1.29 is 13.2 Å². The average molecular weight is 443 g/mol. The van der Waals surface area contributed by atoms with Gasteiger partial charge in [0.1, 0.15) is 10.0 Å². The highest BCUT2D eigenvalue weighted by Gasteiger charge is 2.23. The first kappa shape index (κ1) is 21.8. The first-order valence-electron chi connectivity index (χ1n) is 9.12. The summed E-state index contributed by atoms with van der Waals surface area (Å²) in [5.41, 5.74) is 2.33. The molecule has 1 amide bonds. The Morgan fingerprint density at radius 3 is 2.53 bits per heavy atom. The second-order valence-electron chi connectivity index (χ2n) is 6.62. The summed E-state index contributed by atoms with van der Waals surface area (Å²) in [7, 11) is -0.725. The summed E-state index contributed by atoms with van der Waals surface area (Å²) < 4.78 is 26.0. The van der Waals surface area contributed by atoms with Crippen LogP contribution in [0, 0.1) is 6.92 Å². The van der Waals surface area contributed by atoms with Crippen molar-refractivity contribution in [2.24, 2.45) is 0 Å². The zero-order chi connectivity index (χ0) is 21.7. The normalized spacial score (nSPS) is 11.9. The van der Waals surface area contributed by atoms with Gasteiger partial charge < -0.3 is 4.90 Å². The third kappa shape index (κ3) is 5.18. The van der Waals surface area contributed by atoms with Gasteiger partial charge in [0.15, 0.2) is 0 Å². The van der Waals surface area contributed by atoms with Gasteiger partial charge in [0, 0.05) is 37.5 Å². The molecule has 3 rings (SSSR count). The van der Waals surface area contributed by atoms with E-state index in [9.17, 15) is 13.2 Å². The molecule has 0 fully saturated rings. The van der Waals surface area contributed by atoms with Gasteiger partial charge in [0.25, 0.3) is 0 Å². The Kier molecular flexibility index (Phi) is 6.76. The minimum Gasteiger partial charge on any atom is -0.304 e. The van der Waals surface area contributed by atoms with E-state index in [4.69, 9.17) is 0 Å². The van der Waals surface area contributed by atoms with E-state index in [0.717, 1.165) is 25.8 Å². The van der Waals surface area contributed by atoms with Crippen molar-refractivity contribution >= 4 is 38.3 Å². The van der Waals surface area contributed by atoms with Crippen LogP contribution in [0.15, 0.2) is 60.3 Å². The molecule has 0 bridgehead atoms. The third-order valence-corrected chi connectivity index (χ3v) is 7.14. The van der Waals surface area contributed by atoms with Gasteiger partial charge in [-0.2, -0.15) is 4.31 Å². The number of aryl methyl sites for hydroxylation is 1. The van der Waals surface area contributed by atoms with Gasteiger partial charge >= 0.3 is 0 Å². The number of benzene rings is 1. The van der Waals surface area contributed by atoms with Crippen LogP contribution in [-0.4, -0.2) is 49.2 Å². The molecule has 0 saturated carbocycles. The van der Waals surface area contributed by atoms with Crippen LogP contribution in [0.2, 0.25) is 0 Å². The molecule has 9 heteroatoms. The van der Waals surface area contributed by atoms with Crippen LogP contribution in [0.4, 0.5) is 5.00 Å². The van der Waals surface area contributed by atoms with E-state index in [1.54, 1.807) is 31.6 Å². The Hall–Kier alpha value is -2.88. The van der Waals surface area contributed by atoms with Crippen molar-refractivity contribution in [1.82, 2.24) is 14.3 Å². The van der Waals surface area contributed by atoms with Crippen molar-refractivity contribution in [2.75, 3.05) is 25.5 Å². The summed E-state index contributed by atoms with van der Waals surface area (Å²) in [5, 5.41) is 2.53. The number of carbonyl (C=O) groups excluding carboxylic acids is 1. The van der Waals surface area contributed by atoms with Crippen molar-refractivity contribution in [3.05, 3.63) is 71.5 Å². The number of thiazole rings is 1. The molecule has 2 heterocycles.